The monoisotopic (exact) mass is 327 g/mol. The molecule has 2 atom stereocenters. The normalized spacial score (nSPS) is 19.4. The third-order valence-corrected chi connectivity index (χ3v) is 4.52. The van der Waals surface area contributed by atoms with Gasteiger partial charge in [-0.3, -0.25) is 0 Å². The van der Waals surface area contributed by atoms with E-state index in [9.17, 15) is 9.90 Å². The van der Waals surface area contributed by atoms with E-state index in [2.05, 4.69) is 19.2 Å². The number of ether oxygens (including phenoxy) is 1. The SMILES string of the molecule is CC(C)CC[C@H](O)[C@H](CC1CCCCC1)NC(=O)OC(C)(C)C. The number of hydrogen-bond acceptors (Lipinski definition) is 3. The van der Waals surface area contributed by atoms with Gasteiger partial charge in [-0.05, 0) is 51.9 Å². The van der Waals surface area contributed by atoms with Gasteiger partial charge in [0.25, 0.3) is 0 Å². The average Bonchev–Trinajstić information content (AvgIpc) is 2.43. The molecule has 0 bridgehead atoms. The van der Waals surface area contributed by atoms with E-state index < -0.39 is 17.8 Å². The molecular weight excluding hydrogens is 290 g/mol. The van der Waals surface area contributed by atoms with Gasteiger partial charge in [0, 0.05) is 0 Å². The predicted molar refractivity (Wildman–Crippen MR) is 94.4 cm³/mol. The first-order valence-corrected chi connectivity index (χ1v) is 9.35. The molecule has 0 aliphatic heterocycles. The van der Waals surface area contributed by atoms with Crippen molar-refractivity contribution in [2.75, 3.05) is 0 Å². The van der Waals surface area contributed by atoms with Crippen molar-refractivity contribution in [1.29, 1.82) is 0 Å². The van der Waals surface area contributed by atoms with Crippen molar-refractivity contribution < 1.29 is 14.6 Å². The first-order valence-electron chi connectivity index (χ1n) is 9.35. The maximum atomic E-state index is 12.1. The quantitative estimate of drug-likeness (QED) is 0.715. The maximum Gasteiger partial charge on any atom is 0.407 e. The van der Waals surface area contributed by atoms with Crippen LogP contribution in [0, 0.1) is 11.8 Å². The summed E-state index contributed by atoms with van der Waals surface area (Å²) < 4.78 is 5.37. The van der Waals surface area contributed by atoms with Crippen LogP contribution in [0.25, 0.3) is 0 Å². The summed E-state index contributed by atoms with van der Waals surface area (Å²) in [5, 5.41) is 13.5. The summed E-state index contributed by atoms with van der Waals surface area (Å²) in [6, 6.07) is -0.202. The van der Waals surface area contributed by atoms with Crippen LogP contribution in [0.3, 0.4) is 0 Å². The van der Waals surface area contributed by atoms with Crippen LogP contribution in [0.5, 0.6) is 0 Å². The fraction of sp³-hybridized carbons (Fsp3) is 0.947. The minimum absolute atomic E-state index is 0.202. The smallest absolute Gasteiger partial charge is 0.407 e. The van der Waals surface area contributed by atoms with E-state index in [1.807, 2.05) is 20.8 Å². The van der Waals surface area contributed by atoms with Gasteiger partial charge in [0.15, 0.2) is 0 Å². The lowest BCUT2D eigenvalue weighted by atomic mass is 9.83. The Kier molecular flexibility index (Phi) is 8.38. The van der Waals surface area contributed by atoms with Gasteiger partial charge in [-0.25, -0.2) is 4.79 Å². The standard InChI is InChI=1S/C19H37NO3/c1-14(2)11-12-17(21)16(13-15-9-7-6-8-10-15)20-18(22)23-19(3,4)5/h14-17,21H,6-13H2,1-5H3,(H,20,22)/t16-,17-/m0/s1. The third kappa shape index (κ3) is 9.19. The highest BCUT2D eigenvalue weighted by Crippen LogP contribution is 2.29. The molecule has 23 heavy (non-hydrogen) atoms. The van der Waals surface area contributed by atoms with E-state index in [1.54, 1.807) is 0 Å². The summed E-state index contributed by atoms with van der Waals surface area (Å²) in [4.78, 5) is 12.1. The van der Waals surface area contributed by atoms with E-state index in [-0.39, 0.29) is 6.04 Å². The second-order valence-corrected chi connectivity index (χ2v) is 8.53. The van der Waals surface area contributed by atoms with Gasteiger partial charge >= 0.3 is 6.09 Å². The lowest BCUT2D eigenvalue weighted by Crippen LogP contribution is -2.46. The van der Waals surface area contributed by atoms with Crippen LogP contribution in [0.1, 0.15) is 86.0 Å². The number of carbonyl (C=O) groups is 1. The molecule has 0 aromatic heterocycles. The fourth-order valence-corrected chi connectivity index (χ4v) is 3.26. The molecular formula is C19H37NO3. The highest BCUT2D eigenvalue weighted by Gasteiger charge is 2.28. The first-order chi connectivity index (χ1) is 10.7. The molecule has 4 heteroatoms. The lowest BCUT2D eigenvalue weighted by molar-refractivity contribution is 0.0373. The molecule has 0 spiro atoms. The number of alkyl carbamates (subject to hydrolysis) is 1. The van der Waals surface area contributed by atoms with E-state index in [0.717, 1.165) is 19.3 Å². The lowest BCUT2D eigenvalue weighted by Gasteiger charge is -2.31. The molecule has 1 rings (SSSR count). The number of nitrogens with one attached hydrogen (secondary N) is 1. The second-order valence-electron chi connectivity index (χ2n) is 8.53. The Morgan fingerprint density at radius 2 is 1.78 bits per heavy atom. The van der Waals surface area contributed by atoms with Crippen molar-refractivity contribution in [2.24, 2.45) is 11.8 Å². The third-order valence-electron chi connectivity index (χ3n) is 4.52. The van der Waals surface area contributed by atoms with E-state index >= 15 is 0 Å². The molecule has 4 nitrogen and oxygen atoms in total. The Balaban J connectivity index is 2.60. The van der Waals surface area contributed by atoms with Gasteiger partial charge in [-0.2, -0.15) is 0 Å². The van der Waals surface area contributed by atoms with Crippen molar-refractivity contribution in [3.05, 3.63) is 0 Å². The number of rotatable bonds is 7. The molecule has 1 fully saturated rings. The zero-order chi connectivity index (χ0) is 17.5. The van der Waals surface area contributed by atoms with Crippen molar-refractivity contribution in [3.63, 3.8) is 0 Å². The van der Waals surface area contributed by atoms with Crippen molar-refractivity contribution >= 4 is 6.09 Å². The average molecular weight is 328 g/mol. The molecule has 1 aliphatic carbocycles. The van der Waals surface area contributed by atoms with Gasteiger partial charge in [0.2, 0.25) is 0 Å². The van der Waals surface area contributed by atoms with Crippen LogP contribution in [0.4, 0.5) is 4.79 Å². The zero-order valence-corrected chi connectivity index (χ0v) is 15.7. The van der Waals surface area contributed by atoms with Crippen LogP contribution in [-0.2, 0) is 4.74 Å². The second kappa shape index (κ2) is 9.51. The summed E-state index contributed by atoms with van der Waals surface area (Å²) in [7, 11) is 0. The molecule has 1 aliphatic rings. The summed E-state index contributed by atoms with van der Waals surface area (Å²) in [5.41, 5.74) is -0.512. The van der Waals surface area contributed by atoms with Crippen molar-refractivity contribution in [2.45, 2.75) is 104 Å². The van der Waals surface area contributed by atoms with Crippen LogP contribution in [0.2, 0.25) is 0 Å². The van der Waals surface area contributed by atoms with Crippen LogP contribution < -0.4 is 5.32 Å². The highest BCUT2D eigenvalue weighted by atomic mass is 16.6. The van der Waals surface area contributed by atoms with Gasteiger partial charge < -0.3 is 15.2 Å². The van der Waals surface area contributed by atoms with E-state index in [4.69, 9.17) is 4.74 Å². The predicted octanol–water partition coefficient (Wildman–Crippen LogP) is 4.65. The van der Waals surface area contributed by atoms with Crippen LogP contribution >= 0.6 is 0 Å². The first kappa shape index (κ1) is 20.3. The molecule has 1 saturated carbocycles. The van der Waals surface area contributed by atoms with Crippen LogP contribution in [-0.4, -0.2) is 28.9 Å². The van der Waals surface area contributed by atoms with Crippen molar-refractivity contribution in [3.8, 4) is 0 Å². The molecule has 136 valence electrons. The minimum Gasteiger partial charge on any atom is -0.444 e. The number of carbonyl (C=O) groups excluding carboxylic acids is 1. The molecule has 0 unspecified atom stereocenters. The number of aliphatic hydroxyl groups excluding tert-OH is 1. The number of hydrogen-bond donors (Lipinski definition) is 2. The summed E-state index contributed by atoms with van der Waals surface area (Å²) >= 11 is 0. The van der Waals surface area contributed by atoms with Gasteiger partial charge in [0.05, 0.1) is 12.1 Å². The molecule has 0 aromatic rings. The zero-order valence-electron chi connectivity index (χ0n) is 15.7. The van der Waals surface area contributed by atoms with E-state index in [1.165, 1.54) is 32.1 Å². The topological polar surface area (TPSA) is 58.6 Å². The van der Waals surface area contributed by atoms with Gasteiger partial charge in [-0.15, -0.1) is 0 Å². The molecule has 1 amide bonds. The minimum atomic E-state index is -0.512. The molecule has 2 N–H and O–H groups in total. The highest BCUT2D eigenvalue weighted by molar-refractivity contribution is 5.68. The van der Waals surface area contributed by atoms with Gasteiger partial charge in [0.1, 0.15) is 5.60 Å². The fourth-order valence-electron chi connectivity index (χ4n) is 3.26. The molecule has 0 radical (unpaired) electrons. The Morgan fingerprint density at radius 1 is 1.17 bits per heavy atom. The molecule has 0 heterocycles. The molecule has 0 aromatic carbocycles. The summed E-state index contributed by atoms with van der Waals surface area (Å²) in [6.07, 6.45) is 7.93. The summed E-state index contributed by atoms with van der Waals surface area (Å²) in [6.45, 7) is 9.89. The van der Waals surface area contributed by atoms with Gasteiger partial charge in [-0.1, -0.05) is 46.0 Å². The molecule has 0 saturated heterocycles. The largest absolute Gasteiger partial charge is 0.444 e. The maximum absolute atomic E-state index is 12.1. The van der Waals surface area contributed by atoms with Crippen molar-refractivity contribution in [1.82, 2.24) is 5.32 Å². The Morgan fingerprint density at radius 3 is 2.30 bits per heavy atom. The summed E-state index contributed by atoms with van der Waals surface area (Å²) in [5.74, 6) is 1.17. The Bertz CT molecular complexity index is 343. The number of amides is 1. The number of aliphatic hydroxyl groups is 1. The Hall–Kier alpha value is -0.770. The Labute approximate surface area is 142 Å². The van der Waals surface area contributed by atoms with Crippen LogP contribution in [0.15, 0.2) is 0 Å². The van der Waals surface area contributed by atoms with E-state index in [0.29, 0.717) is 11.8 Å².